The second kappa shape index (κ2) is 8.06. The Hall–Kier alpha value is -2.79. The third-order valence-corrected chi connectivity index (χ3v) is 4.59. The number of nitrogens with one attached hydrogen (secondary N) is 1. The maximum atomic E-state index is 13.6. The lowest BCUT2D eigenvalue weighted by molar-refractivity contribution is -0.141. The number of nitrogens with zero attached hydrogens (tertiary/aromatic N) is 2. The minimum atomic E-state index is -3.92. The van der Waals surface area contributed by atoms with E-state index >= 15 is 0 Å². The van der Waals surface area contributed by atoms with Gasteiger partial charge in [0.05, 0.1) is 13.3 Å². The monoisotopic (exact) mass is 385 g/mol. The van der Waals surface area contributed by atoms with Crippen molar-refractivity contribution in [2.75, 3.05) is 20.3 Å². The molecule has 11 heteroatoms. The van der Waals surface area contributed by atoms with Crippen LogP contribution in [-0.2, 0) is 26.6 Å². The van der Waals surface area contributed by atoms with Crippen molar-refractivity contribution in [3.63, 3.8) is 0 Å². The van der Waals surface area contributed by atoms with Crippen LogP contribution in [0.2, 0.25) is 0 Å². The molecule has 0 fully saturated rings. The molecule has 1 aromatic carbocycles. The molecule has 0 aliphatic rings. The molecule has 0 unspecified atom stereocenters. The highest BCUT2D eigenvalue weighted by Crippen LogP contribution is 2.18. The van der Waals surface area contributed by atoms with Crippen LogP contribution < -0.4 is 9.46 Å². The number of hydrogen-bond donors (Lipinski definition) is 1. The van der Waals surface area contributed by atoms with Crippen LogP contribution in [-0.4, -0.2) is 50.2 Å². The number of benzene rings is 1. The Balaban J connectivity index is 1.86. The first-order chi connectivity index (χ1) is 12.2. The van der Waals surface area contributed by atoms with Crippen molar-refractivity contribution >= 4 is 21.8 Å². The van der Waals surface area contributed by atoms with Gasteiger partial charge in [0, 0.05) is 18.8 Å². The zero-order valence-corrected chi connectivity index (χ0v) is 14.7. The number of carbonyl (C=O) groups excluding carboxylic acids is 2. The van der Waals surface area contributed by atoms with E-state index in [9.17, 15) is 22.4 Å². The average molecular weight is 385 g/mol. The molecule has 0 amide bonds. The fourth-order valence-electron chi connectivity index (χ4n) is 1.90. The highest BCUT2D eigenvalue weighted by atomic mass is 32.2. The molecule has 2 rings (SSSR count). The van der Waals surface area contributed by atoms with Gasteiger partial charge >= 0.3 is 5.97 Å². The number of sulfonamides is 1. The van der Waals surface area contributed by atoms with Gasteiger partial charge in [-0.25, -0.2) is 12.8 Å². The first-order valence-electron chi connectivity index (χ1n) is 7.23. The van der Waals surface area contributed by atoms with E-state index in [1.165, 1.54) is 30.1 Å². The van der Waals surface area contributed by atoms with Gasteiger partial charge in [0.15, 0.2) is 24.0 Å². The van der Waals surface area contributed by atoms with E-state index < -0.39 is 40.7 Å². The lowest BCUT2D eigenvalue weighted by Gasteiger charge is -2.07. The lowest BCUT2D eigenvalue weighted by atomic mass is 10.1. The molecule has 1 N–H and O–H groups in total. The van der Waals surface area contributed by atoms with Gasteiger partial charge in [0.25, 0.3) is 0 Å². The largest absolute Gasteiger partial charge is 0.494 e. The number of Topliss-reactive ketones (excluding diaryl/α,β-unsaturated/α-hetero) is 1. The number of hydrogen-bond acceptors (Lipinski definition) is 7. The van der Waals surface area contributed by atoms with Crippen LogP contribution in [0.25, 0.3) is 0 Å². The summed E-state index contributed by atoms with van der Waals surface area (Å²) in [5, 5.41) is 3.72. The summed E-state index contributed by atoms with van der Waals surface area (Å²) in [5.41, 5.74) is -0.00737. The Morgan fingerprint density at radius 3 is 2.65 bits per heavy atom. The molecule has 9 nitrogen and oxygen atoms in total. The summed E-state index contributed by atoms with van der Waals surface area (Å²) >= 11 is 0. The zero-order chi connectivity index (χ0) is 19.3. The van der Waals surface area contributed by atoms with E-state index in [-0.39, 0.29) is 16.2 Å². The van der Waals surface area contributed by atoms with Gasteiger partial charge in [-0.3, -0.25) is 14.3 Å². The van der Waals surface area contributed by atoms with Gasteiger partial charge in [0.2, 0.25) is 10.0 Å². The number of carbonyl (C=O) groups is 2. The number of aryl methyl sites for hydroxylation is 1. The Morgan fingerprint density at radius 2 is 2.08 bits per heavy atom. The molecule has 0 aliphatic carbocycles. The zero-order valence-electron chi connectivity index (χ0n) is 13.9. The van der Waals surface area contributed by atoms with Crippen molar-refractivity contribution in [3.05, 3.63) is 42.0 Å². The maximum Gasteiger partial charge on any atom is 0.321 e. The quantitative estimate of drug-likeness (QED) is 0.512. The van der Waals surface area contributed by atoms with E-state index in [2.05, 4.69) is 5.10 Å². The number of esters is 1. The molecule has 0 spiro atoms. The number of rotatable bonds is 8. The highest BCUT2D eigenvalue weighted by molar-refractivity contribution is 7.89. The average Bonchev–Trinajstić information content (AvgIpc) is 3.05. The third-order valence-electron chi connectivity index (χ3n) is 3.24. The molecule has 26 heavy (non-hydrogen) atoms. The molecular formula is C15H16FN3O6S. The van der Waals surface area contributed by atoms with Crippen LogP contribution >= 0.6 is 0 Å². The van der Waals surface area contributed by atoms with E-state index in [0.717, 1.165) is 12.3 Å². The van der Waals surface area contributed by atoms with Crippen molar-refractivity contribution in [1.29, 1.82) is 0 Å². The summed E-state index contributed by atoms with van der Waals surface area (Å²) in [6.45, 7) is -1.32. The summed E-state index contributed by atoms with van der Waals surface area (Å²) in [5.74, 6) is -2.35. The molecule has 0 atom stereocenters. The van der Waals surface area contributed by atoms with Gasteiger partial charge in [0.1, 0.15) is 11.4 Å². The number of ether oxygens (including phenoxy) is 2. The van der Waals surface area contributed by atoms with Crippen LogP contribution in [0.15, 0.2) is 35.5 Å². The standard InChI is InChI=1S/C15H16FN3O6S/c1-19-8-11(6-17-19)26(22,23)18-7-15(21)25-9-13(20)10-3-4-14(24-2)12(16)5-10/h3-6,8,18H,7,9H2,1-2H3. The topological polar surface area (TPSA) is 117 Å². The van der Waals surface area contributed by atoms with Crippen molar-refractivity contribution in [3.8, 4) is 5.75 Å². The van der Waals surface area contributed by atoms with E-state index in [4.69, 9.17) is 9.47 Å². The molecule has 0 bridgehead atoms. The lowest BCUT2D eigenvalue weighted by Crippen LogP contribution is -2.31. The third kappa shape index (κ3) is 4.86. The van der Waals surface area contributed by atoms with Gasteiger partial charge < -0.3 is 9.47 Å². The second-order valence-corrected chi connectivity index (χ2v) is 6.87. The summed E-state index contributed by atoms with van der Waals surface area (Å²) in [7, 11) is -1.09. The molecular weight excluding hydrogens is 369 g/mol. The summed E-state index contributed by atoms with van der Waals surface area (Å²) in [4.78, 5) is 23.4. The van der Waals surface area contributed by atoms with Crippen molar-refractivity contribution in [2.45, 2.75) is 4.90 Å². The Bertz CT molecular complexity index is 925. The molecule has 0 radical (unpaired) electrons. The molecule has 1 heterocycles. The van der Waals surface area contributed by atoms with Crippen LogP contribution in [0, 0.1) is 5.82 Å². The number of methoxy groups -OCH3 is 1. The summed E-state index contributed by atoms with van der Waals surface area (Å²) < 4.78 is 50.1. The first kappa shape index (κ1) is 19.5. The van der Waals surface area contributed by atoms with Crippen molar-refractivity contribution in [2.24, 2.45) is 7.05 Å². The van der Waals surface area contributed by atoms with Gasteiger partial charge in [-0.2, -0.15) is 9.82 Å². The Labute approximate surface area is 148 Å². The van der Waals surface area contributed by atoms with Crippen LogP contribution in [0.5, 0.6) is 5.75 Å². The second-order valence-electron chi connectivity index (χ2n) is 5.11. The van der Waals surface area contributed by atoms with Crippen molar-refractivity contribution in [1.82, 2.24) is 14.5 Å². The number of halogens is 1. The number of aromatic nitrogens is 2. The molecule has 2 aromatic rings. The highest BCUT2D eigenvalue weighted by Gasteiger charge is 2.18. The fourth-order valence-corrected chi connectivity index (χ4v) is 2.85. The van der Waals surface area contributed by atoms with Gasteiger partial charge in [-0.05, 0) is 18.2 Å². The predicted molar refractivity (Wildman–Crippen MR) is 86.6 cm³/mol. The smallest absolute Gasteiger partial charge is 0.321 e. The number of ketones is 1. The Morgan fingerprint density at radius 1 is 1.35 bits per heavy atom. The SMILES string of the molecule is COc1ccc(C(=O)COC(=O)CNS(=O)(=O)c2cnn(C)c2)cc1F. The van der Waals surface area contributed by atoms with E-state index in [0.29, 0.717) is 0 Å². The molecule has 0 saturated heterocycles. The maximum absolute atomic E-state index is 13.6. The molecule has 140 valence electrons. The van der Waals surface area contributed by atoms with Crippen LogP contribution in [0.3, 0.4) is 0 Å². The summed E-state index contributed by atoms with van der Waals surface area (Å²) in [6.07, 6.45) is 2.38. The minimum absolute atomic E-state index is 0.00737. The molecule has 0 aliphatic heterocycles. The fraction of sp³-hybridized carbons (Fsp3) is 0.267. The van der Waals surface area contributed by atoms with Gasteiger partial charge in [-0.15, -0.1) is 0 Å². The minimum Gasteiger partial charge on any atom is -0.494 e. The molecule has 0 saturated carbocycles. The van der Waals surface area contributed by atoms with E-state index in [1.54, 1.807) is 7.05 Å². The van der Waals surface area contributed by atoms with Gasteiger partial charge in [-0.1, -0.05) is 0 Å². The summed E-state index contributed by atoms with van der Waals surface area (Å²) in [6, 6.07) is 3.55. The van der Waals surface area contributed by atoms with E-state index in [1.807, 2.05) is 4.72 Å². The van der Waals surface area contributed by atoms with Crippen molar-refractivity contribution < 1.29 is 31.9 Å². The first-order valence-corrected chi connectivity index (χ1v) is 8.72. The molecule has 1 aromatic heterocycles. The Kier molecular flexibility index (Phi) is 6.05. The van der Waals surface area contributed by atoms with Crippen LogP contribution in [0.4, 0.5) is 4.39 Å². The predicted octanol–water partition coefficient (Wildman–Crippen LogP) is 0.272. The van der Waals surface area contributed by atoms with Crippen LogP contribution in [0.1, 0.15) is 10.4 Å². The normalized spacial score (nSPS) is 11.2.